The molecular weight excluding hydrogens is 311 g/mol. The number of hydrogen-bond donors (Lipinski definition) is 1. The molecule has 0 saturated carbocycles. The first-order chi connectivity index (χ1) is 9.13. The van der Waals surface area contributed by atoms with Crippen molar-refractivity contribution in [2.45, 2.75) is 0 Å². The molecular formula is C14H10BrFN2O. The number of benzene rings is 2. The molecule has 0 aliphatic rings. The van der Waals surface area contributed by atoms with Crippen LogP contribution in [-0.4, -0.2) is 7.11 Å². The Bertz CT molecular complexity index is 652. The van der Waals surface area contributed by atoms with Gasteiger partial charge in [-0.3, -0.25) is 0 Å². The van der Waals surface area contributed by atoms with Gasteiger partial charge in [0, 0.05) is 16.2 Å². The van der Waals surface area contributed by atoms with Gasteiger partial charge in [0.15, 0.2) is 11.6 Å². The zero-order valence-electron chi connectivity index (χ0n) is 10.1. The molecule has 96 valence electrons. The zero-order valence-corrected chi connectivity index (χ0v) is 11.7. The van der Waals surface area contributed by atoms with Crippen molar-refractivity contribution in [3.8, 4) is 11.8 Å². The van der Waals surface area contributed by atoms with Crippen LogP contribution in [0.3, 0.4) is 0 Å². The normalized spacial score (nSPS) is 9.79. The SMILES string of the molecule is COc1cc(Nc2cc(Br)ccc2C#N)ccc1F. The number of nitriles is 1. The molecule has 0 bridgehead atoms. The summed E-state index contributed by atoms with van der Waals surface area (Å²) in [5.41, 5.74) is 1.80. The van der Waals surface area contributed by atoms with Gasteiger partial charge in [-0.15, -0.1) is 0 Å². The third-order valence-corrected chi connectivity index (χ3v) is 3.03. The van der Waals surface area contributed by atoms with Crippen molar-refractivity contribution in [3.63, 3.8) is 0 Å². The van der Waals surface area contributed by atoms with Crippen molar-refractivity contribution in [3.05, 3.63) is 52.3 Å². The first-order valence-corrected chi connectivity index (χ1v) is 6.23. The van der Waals surface area contributed by atoms with Gasteiger partial charge in [-0.1, -0.05) is 15.9 Å². The average Bonchev–Trinajstić information content (AvgIpc) is 2.41. The van der Waals surface area contributed by atoms with Crippen molar-refractivity contribution >= 4 is 27.3 Å². The molecule has 0 amide bonds. The fourth-order valence-electron chi connectivity index (χ4n) is 1.61. The number of nitrogens with one attached hydrogen (secondary N) is 1. The minimum atomic E-state index is -0.428. The van der Waals surface area contributed by atoms with E-state index in [4.69, 9.17) is 10.00 Å². The first kappa shape index (κ1) is 13.4. The lowest BCUT2D eigenvalue weighted by molar-refractivity contribution is 0.387. The predicted octanol–water partition coefficient (Wildman–Crippen LogP) is 4.21. The number of anilines is 2. The molecule has 0 radical (unpaired) electrons. The van der Waals surface area contributed by atoms with E-state index < -0.39 is 5.82 Å². The summed E-state index contributed by atoms with van der Waals surface area (Å²) in [6, 6.07) is 11.8. The average molecular weight is 321 g/mol. The molecule has 0 atom stereocenters. The Morgan fingerprint density at radius 2 is 2.05 bits per heavy atom. The summed E-state index contributed by atoms with van der Waals surface area (Å²) in [7, 11) is 1.40. The predicted molar refractivity (Wildman–Crippen MR) is 75.1 cm³/mol. The highest BCUT2D eigenvalue weighted by Gasteiger charge is 2.06. The van der Waals surface area contributed by atoms with Crippen LogP contribution in [-0.2, 0) is 0 Å². The monoisotopic (exact) mass is 320 g/mol. The number of methoxy groups -OCH3 is 1. The van der Waals surface area contributed by atoms with Crippen LogP contribution in [0.1, 0.15) is 5.56 Å². The Morgan fingerprint density at radius 1 is 1.26 bits per heavy atom. The molecule has 0 aliphatic heterocycles. The second-order valence-electron chi connectivity index (χ2n) is 3.78. The van der Waals surface area contributed by atoms with Crippen LogP contribution >= 0.6 is 15.9 Å². The van der Waals surface area contributed by atoms with Gasteiger partial charge in [0.05, 0.1) is 18.4 Å². The molecule has 0 heterocycles. The molecule has 1 N–H and O–H groups in total. The van der Waals surface area contributed by atoms with Crippen molar-refractivity contribution in [2.24, 2.45) is 0 Å². The number of halogens is 2. The van der Waals surface area contributed by atoms with Gasteiger partial charge in [0.2, 0.25) is 0 Å². The van der Waals surface area contributed by atoms with E-state index in [9.17, 15) is 4.39 Å². The van der Waals surface area contributed by atoms with Crippen LogP contribution < -0.4 is 10.1 Å². The molecule has 2 rings (SSSR count). The minimum Gasteiger partial charge on any atom is -0.494 e. The number of hydrogen-bond acceptors (Lipinski definition) is 3. The summed E-state index contributed by atoms with van der Waals surface area (Å²) >= 11 is 3.34. The van der Waals surface area contributed by atoms with E-state index in [1.807, 2.05) is 0 Å². The molecule has 0 aromatic heterocycles. The fourth-order valence-corrected chi connectivity index (χ4v) is 1.97. The summed E-state index contributed by atoms with van der Waals surface area (Å²) in [5.74, 6) is -0.277. The van der Waals surface area contributed by atoms with Gasteiger partial charge < -0.3 is 10.1 Å². The van der Waals surface area contributed by atoms with E-state index in [0.29, 0.717) is 16.9 Å². The number of rotatable bonds is 3. The molecule has 19 heavy (non-hydrogen) atoms. The van der Waals surface area contributed by atoms with E-state index in [2.05, 4.69) is 27.3 Å². The fraction of sp³-hybridized carbons (Fsp3) is 0.0714. The second-order valence-corrected chi connectivity index (χ2v) is 4.69. The van der Waals surface area contributed by atoms with E-state index in [-0.39, 0.29) is 5.75 Å². The largest absolute Gasteiger partial charge is 0.494 e. The Morgan fingerprint density at radius 3 is 2.74 bits per heavy atom. The van der Waals surface area contributed by atoms with E-state index in [1.54, 1.807) is 24.3 Å². The molecule has 3 nitrogen and oxygen atoms in total. The maximum Gasteiger partial charge on any atom is 0.165 e. The highest BCUT2D eigenvalue weighted by atomic mass is 79.9. The maximum absolute atomic E-state index is 13.3. The minimum absolute atomic E-state index is 0.151. The van der Waals surface area contributed by atoms with Gasteiger partial charge in [0.1, 0.15) is 6.07 Å². The standard InChI is InChI=1S/C14H10BrFN2O/c1-19-14-7-11(4-5-12(14)16)18-13-6-10(15)3-2-9(13)8-17/h2-7,18H,1H3. The van der Waals surface area contributed by atoms with Gasteiger partial charge in [-0.25, -0.2) is 4.39 Å². The summed E-state index contributed by atoms with van der Waals surface area (Å²) in [6.07, 6.45) is 0. The summed E-state index contributed by atoms with van der Waals surface area (Å²) in [4.78, 5) is 0. The van der Waals surface area contributed by atoms with E-state index in [1.165, 1.54) is 19.2 Å². The lowest BCUT2D eigenvalue weighted by atomic mass is 10.2. The molecule has 0 saturated heterocycles. The van der Waals surface area contributed by atoms with E-state index >= 15 is 0 Å². The van der Waals surface area contributed by atoms with Crippen molar-refractivity contribution < 1.29 is 9.13 Å². The van der Waals surface area contributed by atoms with Crippen LogP contribution in [0.25, 0.3) is 0 Å². The smallest absolute Gasteiger partial charge is 0.165 e. The molecule has 2 aromatic carbocycles. The maximum atomic E-state index is 13.3. The topological polar surface area (TPSA) is 45.0 Å². The second kappa shape index (κ2) is 5.72. The van der Waals surface area contributed by atoms with Crippen LogP contribution in [0, 0.1) is 17.1 Å². The summed E-state index contributed by atoms with van der Waals surface area (Å²) in [6.45, 7) is 0. The molecule has 5 heteroatoms. The number of nitrogens with zero attached hydrogens (tertiary/aromatic N) is 1. The van der Waals surface area contributed by atoms with Crippen LogP contribution in [0.15, 0.2) is 40.9 Å². The highest BCUT2D eigenvalue weighted by molar-refractivity contribution is 9.10. The van der Waals surface area contributed by atoms with Gasteiger partial charge in [0.25, 0.3) is 0 Å². The Hall–Kier alpha value is -2.06. The van der Waals surface area contributed by atoms with Crippen molar-refractivity contribution in [1.29, 1.82) is 5.26 Å². The molecule has 0 unspecified atom stereocenters. The molecule has 2 aromatic rings. The zero-order chi connectivity index (χ0) is 13.8. The summed E-state index contributed by atoms with van der Waals surface area (Å²) in [5, 5.41) is 12.1. The van der Waals surface area contributed by atoms with Gasteiger partial charge >= 0.3 is 0 Å². The Labute approximate surface area is 118 Å². The van der Waals surface area contributed by atoms with E-state index in [0.717, 1.165) is 4.47 Å². The Kier molecular flexibility index (Phi) is 4.03. The Balaban J connectivity index is 2.36. The van der Waals surface area contributed by atoms with Crippen molar-refractivity contribution in [2.75, 3.05) is 12.4 Å². The van der Waals surface area contributed by atoms with Gasteiger partial charge in [-0.2, -0.15) is 5.26 Å². The lowest BCUT2D eigenvalue weighted by Gasteiger charge is -2.10. The quantitative estimate of drug-likeness (QED) is 0.921. The first-order valence-electron chi connectivity index (χ1n) is 5.44. The highest BCUT2D eigenvalue weighted by Crippen LogP contribution is 2.27. The third kappa shape index (κ3) is 3.04. The lowest BCUT2D eigenvalue weighted by Crippen LogP contribution is -1.95. The van der Waals surface area contributed by atoms with Crippen molar-refractivity contribution in [1.82, 2.24) is 0 Å². The van der Waals surface area contributed by atoms with Crippen LogP contribution in [0.4, 0.5) is 15.8 Å². The molecule has 0 spiro atoms. The van der Waals surface area contributed by atoms with Gasteiger partial charge in [-0.05, 0) is 30.3 Å². The third-order valence-electron chi connectivity index (χ3n) is 2.53. The molecule has 0 fully saturated rings. The summed E-state index contributed by atoms with van der Waals surface area (Å²) < 4.78 is 19.1. The number of ether oxygens (including phenoxy) is 1. The van der Waals surface area contributed by atoms with Crippen LogP contribution in [0.2, 0.25) is 0 Å². The molecule has 0 aliphatic carbocycles. The van der Waals surface area contributed by atoms with Crippen LogP contribution in [0.5, 0.6) is 5.75 Å².